The Balaban J connectivity index is 2.22. The molecular weight excluding hydrogens is 372 g/mol. The summed E-state index contributed by atoms with van der Waals surface area (Å²) in [6.07, 6.45) is 0.253. The van der Waals surface area contributed by atoms with Gasteiger partial charge in [-0.1, -0.05) is 11.6 Å². The predicted octanol–water partition coefficient (Wildman–Crippen LogP) is 3.38. The normalized spacial score (nSPS) is 17.5. The van der Waals surface area contributed by atoms with E-state index >= 15 is 0 Å². The first-order valence-corrected chi connectivity index (χ1v) is 9.06. The van der Waals surface area contributed by atoms with Gasteiger partial charge in [-0.25, -0.2) is 9.59 Å². The molecule has 8 heteroatoms. The average molecular weight is 397 g/mol. The average Bonchev–Trinajstić information content (AvgIpc) is 2.59. The Hall–Kier alpha value is -2.28. The van der Waals surface area contributed by atoms with Crippen molar-refractivity contribution in [2.75, 3.05) is 31.6 Å². The second-order valence-electron chi connectivity index (χ2n) is 7.47. The largest absolute Gasteiger partial charge is 0.465 e. The molecule has 0 radical (unpaired) electrons. The molecule has 1 saturated heterocycles. The summed E-state index contributed by atoms with van der Waals surface area (Å²) in [5.74, 6) is -0.617. The Morgan fingerprint density at radius 2 is 1.93 bits per heavy atom. The minimum atomic E-state index is -0.617. The number of hydrogen-bond acceptors (Lipinski definition) is 6. The number of rotatable bonds is 3. The number of ether oxygens (including phenoxy) is 2. The van der Waals surface area contributed by atoms with E-state index < -0.39 is 11.6 Å². The number of halogens is 1. The lowest BCUT2D eigenvalue weighted by molar-refractivity contribution is 0.0218. The van der Waals surface area contributed by atoms with Crippen LogP contribution in [0.4, 0.5) is 10.5 Å². The minimum absolute atomic E-state index is 0.0488. The second-order valence-corrected chi connectivity index (χ2v) is 7.88. The molecule has 1 heterocycles. The molecule has 0 spiro atoms. The standard InChI is InChI=1S/C19H25ClN2O5/c1-12-10-21(18(25)27-19(2,3)4)6-7-22(12)16-8-13(11-23)14(9-15(16)20)17(24)26-5/h8-9,11-12H,6-7,10H2,1-5H3/t12-/m1/s1. The molecule has 27 heavy (non-hydrogen) atoms. The van der Waals surface area contributed by atoms with E-state index in [0.717, 1.165) is 0 Å². The first kappa shape index (κ1) is 21.0. The molecule has 0 aromatic heterocycles. The van der Waals surface area contributed by atoms with Crippen molar-refractivity contribution in [1.82, 2.24) is 4.90 Å². The first-order valence-electron chi connectivity index (χ1n) is 8.69. The number of aldehydes is 1. The van der Waals surface area contributed by atoms with Crippen LogP contribution in [0.15, 0.2) is 12.1 Å². The summed E-state index contributed by atoms with van der Waals surface area (Å²) in [5.41, 5.74) is 0.427. The smallest absolute Gasteiger partial charge is 0.410 e. The summed E-state index contributed by atoms with van der Waals surface area (Å²) in [6.45, 7) is 8.89. The predicted molar refractivity (Wildman–Crippen MR) is 103 cm³/mol. The number of carbonyl (C=O) groups excluding carboxylic acids is 3. The molecule has 1 amide bonds. The van der Waals surface area contributed by atoms with E-state index in [1.165, 1.54) is 13.2 Å². The van der Waals surface area contributed by atoms with Crippen molar-refractivity contribution in [3.63, 3.8) is 0 Å². The fourth-order valence-electron chi connectivity index (χ4n) is 2.99. The number of anilines is 1. The van der Waals surface area contributed by atoms with Gasteiger partial charge >= 0.3 is 12.1 Å². The van der Waals surface area contributed by atoms with Gasteiger partial charge in [0.05, 0.1) is 23.4 Å². The highest BCUT2D eigenvalue weighted by Crippen LogP contribution is 2.32. The minimum Gasteiger partial charge on any atom is -0.465 e. The third-order valence-corrected chi connectivity index (χ3v) is 4.54. The van der Waals surface area contributed by atoms with Gasteiger partial charge in [-0.2, -0.15) is 0 Å². The maximum atomic E-state index is 12.3. The number of esters is 1. The molecule has 0 aliphatic carbocycles. The van der Waals surface area contributed by atoms with Crippen LogP contribution in [-0.4, -0.2) is 61.6 Å². The molecule has 0 N–H and O–H groups in total. The number of hydrogen-bond donors (Lipinski definition) is 0. The molecule has 1 atom stereocenters. The molecule has 0 bridgehead atoms. The van der Waals surface area contributed by atoms with E-state index in [4.69, 9.17) is 21.1 Å². The van der Waals surface area contributed by atoms with Crippen LogP contribution >= 0.6 is 11.6 Å². The quantitative estimate of drug-likeness (QED) is 0.575. The molecule has 0 unspecified atom stereocenters. The molecule has 1 aromatic rings. The maximum absolute atomic E-state index is 12.3. The zero-order valence-electron chi connectivity index (χ0n) is 16.2. The van der Waals surface area contributed by atoms with Crippen LogP contribution in [0.25, 0.3) is 0 Å². The summed E-state index contributed by atoms with van der Waals surface area (Å²) < 4.78 is 10.1. The van der Waals surface area contributed by atoms with Gasteiger partial charge < -0.3 is 19.3 Å². The van der Waals surface area contributed by atoms with Gasteiger partial charge in [0.1, 0.15) is 5.60 Å². The zero-order valence-corrected chi connectivity index (χ0v) is 17.0. The van der Waals surface area contributed by atoms with E-state index in [1.807, 2.05) is 32.6 Å². The molecule has 7 nitrogen and oxygen atoms in total. The van der Waals surface area contributed by atoms with E-state index in [-0.39, 0.29) is 23.3 Å². The monoisotopic (exact) mass is 396 g/mol. The highest BCUT2D eigenvalue weighted by molar-refractivity contribution is 6.34. The van der Waals surface area contributed by atoms with E-state index in [1.54, 1.807) is 11.0 Å². The Morgan fingerprint density at radius 3 is 2.44 bits per heavy atom. The number of methoxy groups -OCH3 is 1. The molecule has 148 valence electrons. The van der Waals surface area contributed by atoms with E-state index in [9.17, 15) is 14.4 Å². The van der Waals surface area contributed by atoms with Crippen LogP contribution in [0, 0.1) is 0 Å². The second kappa shape index (κ2) is 8.17. The Morgan fingerprint density at radius 1 is 1.26 bits per heavy atom. The molecule has 2 rings (SSSR count). The van der Waals surface area contributed by atoms with Crippen LogP contribution in [0.3, 0.4) is 0 Å². The lowest BCUT2D eigenvalue weighted by Gasteiger charge is -2.41. The molecule has 1 fully saturated rings. The van der Waals surface area contributed by atoms with Gasteiger partial charge in [0.2, 0.25) is 0 Å². The van der Waals surface area contributed by atoms with Crippen LogP contribution in [0.1, 0.15) is 48.4 Å². The van der Waals surface area contributed by atoms with Gasteiger partial charge in [-0.3, -0.25) is 4.79 Å². The first-order chi connectivity index (χ1) is 12.6. The number of amides is 1. The number of benzene rings is 1. The van der Waals surface area contributed by atoms with Gasteiger partial charge in [0.15, 0.2) is 6.29 Å². The van der Waals surface area contributed by atoms with Crippen molar-refractivity contribution in [2.24, 2.45) is 0 Å². The van der Waals surface area contributed by atoms with Crippen molar-refractivity contribution in [3.8, 4) is 0 Å². The van der Waals surface area contributed by atoms with Crippen LogP contribution in [0.2, 0.25) is 5.02 Å². The lowest BCUT2D eigenvalue weighted by atomic mass is 10.1. The zero-order chi connectivity index (χ0) is 20.4. The maximum Gasteiger partial charge on any atom is 0.410 e. The Bertz CT molecular complexity index is 744. The molecule has 1 aliphatic rings. The number of carbonyl (C=O) groups is 3. The molecular formula is C19H25ClN2O5. The lowest BCUT2D eigenvalue weighted by Crippen LogP contribution is -2.54. The number of nitrogens with zero attached hydrogens (tertiary/aromatic N) is 2. The fourth-order valence-corrected chi connectivity index (χ4v) is 3.26. The summed E-state index contributed by atoms with van der Waals surface area (Å²) in [6, 6.07) is 2.98. The van der Waals surface area contributed by atoms with Crippen LogP contribution in [-0.2, 0) is 9.47 Å². The highest BCUT2D eigenvalue weighted by atomic mass is 35.5. The highest BCUT2D eigenvalue weighted by Gasteiger charge is 2.31. The van der Waals surface area contributed by atoms with Crippen molar-refractivity contribution in [2.45, 2.75) is 39.3 Å². The molecule has 1 aliphatic heterocycles. The summed E-state index contributed by atoms with van der Waals surface area (Å²) in [7, 11) is 1.25. The van der Waals surface area contributed by atoms with Crippen molar-refractivity contribution < 1.29 is 23.9 Å². The van der Waals surface area contributed by atoms with Crippen molar-refractivity contribution in [3.05, 3.63) is 28.3 Å². The van der Waals surface area contributed by atoms with Gasteiger partial charge in [0, 0.05) is 31.2 Å². The summed E-state index contributed by atoms with van der Waals surface area (Å²) in [4.78, 5) is 39.2. The van der Waals surface area contributed by atoms with Gasteiger partial charge in [0.25, 0.3) is 0 Å². The van der Waals surface area contributed by atoms with Crippen LogP contribution in [0.5, 0.6) is 0 Å². The molecule has 1 aromatic carbocycles. The Kier molecular flexibility index (Phi) is 6.36. The summed E-state index contributed by atoms with van der Waals surface area (Å²) in [5, 5.41) is 0.346. The van der Waals surface area contributed by atoms with E-state index in [2.05, 4.69) is 0 Å². The summed E-state index contributed by atoms with van der Waals surface area (Å²) >= 11 is 6.37. The van der Waals surface area contributed by atoms with Crippen LogP contribution < -0.4 is 4.90 Å². The van der Waals surface area contributed by atoms with E-state index in [0.29, 0.717) is 36.6 Å². The third kappa shape index (κ3) is 4.91. The van der Waals surface area contributed by atoms with Gasteiger partial charge in [-0.15, -0.1) is 0 Å². The fraction of sp³-hybridized carbons (Fsp3) is 0.526. The molecule has 0 saturated carbocycles. The van der Waals surface area contributed by atoms with Crippen molar-refractivity contribution >= 4 is 35.6 Å². The SMILES string of the molecule is COC(=O)c1cc(Cl)c(N2CCN(C(=O)OC(C)(C)C)C[C@H]2C)cc1C=O. The topological polar surface area (TPSA) is 76.2 Å². The number of piperazine rings is 1. The van der Waals surface area contributed by atoms with Crippen molar-refractivity contribution in [1.29, 1.82) is 0 Å². The van der Waals surface area contributed by atoms with Gasteiger partial charge in [-0.05, 0) is 39.8 Å². The Labute approximate surface area is 164 Å². The third-order valence-electron chi connectivity index (χ3n) is 4.24.